The lowest BCUT2D eigenvalue weighted by Crippen LogP contribution is -2.43. The molecule has 7 heteroatoms. The molecule has 3 N–H and O–H groups in total. The van der Waals surface area contributed by atoms with Gasteiger partial charge in [0.25, 0.3) is 0 Å². The molecule has 168 valence electrons. The monoisotopic (exact) mass is 428 g/mol. The third-order valence-electron chi connectivity index (χ3n) is 4.35. The Bertz CT molecular complexity index is 842. The highest BCUT2D eigenvalue weighted by Crippen LogP contribution is 2.16. The lowest BCUT2D eigenvalue weighted by atomic mass is 10.1. The second kappa shape index (κ2) is 11.4. The average molecular weight is 429 g/mol. The highest BCUT2D eigenvalue weighted by atomic mass is 16.5. The van der Waals surface area contributed by atoms with Crippen molar-refractivity contribution in [2.45, 2.75) is 52.2 Å². The molecule has 2 rings (SSSR count). The lowest BCUT2D eigenvalue weighted by molar-refractivity contribution is -0.149. The summed E-state index contributed by atoms with van der Waals surface area (Å²) >= 11 is 0. The van der Waals surface area contributed by atoms with Gasteiger partial charge in [0.15, 0.2) is 6.10 Å². The van der Waals surface area contributed by atoms with Gasteiger partial charge in [0.2, 0.25) is 0 Å². The number of carbonyl (C=O) groups excluding carboxylic acids is 1. The van der Waals surface area contributed by atoms with Gasteiger partial charge in [-0.2, -0.15) is 0 Å². The molecule has 0 aliphatic heterocycles. The van der Waals surface area contributed by atoms with Crippen LogP contribution in [0.3, 0.4) is 0 Å². The van der Waals surface area contributed by atoms with E-state index in [0.717, 1.165) is 29.0 Å². The Kier molecular flexibility index (Phi) is 8.88. The molecule has 0 aliphatic rings. The maximum atomic E-state index is 11.9. The summed E-state index contributed by atoms with van der Waals surface area (Å²) in [6.45, 7) is 8.43. The summed E-state index contributed by atoms with van der Waals surface area (Å²) in [5.41, 5.74) is 2.42. The molecule has 0 aliphatic carbocycles. The highest BCUT2D eigenvalue weighted by molar-refractivity contribution is 5.89. The fourth-order valence-electron chi connectivity index (χ4n) is 2.90. The van der Waals surface area contributed by atoms with E-state index in [9.17, 15) is 14.7 Å². The average Bonchev–Trinajstić information content (AvgIpc) is 2.68. The van der Waals surface area contributed by atoms with E-state index in [1.807, 2.05) is 69.3 Å². The Morgan fingerprint density at radius 2 is 1.61 bits per heavy atom. The third-order valence-corrected chi connectivity index (χ3v) is 4.35. The van der Waals surface area contributed by atoms with E-state index in [-0.39, 0.29) is 11.6 Å². The van der Waals surface area contributed by atoms with E-state index in [1.54, 1.807) is 6.92 Å². The van der Waals surface area contributed by atoms with Gasteiger partial charge in [-0.1, -0.05) is 24.3 Å². The Morgan fingerprint density at radius 3 is 2.16 bits per heavy atom. The Labute approximate surface area is 183 Å². The van der Waals surface area contributed by atoms with Crippen LogP contribution in [0, 0.1) is 0 Å². The van der Waals surface area contributed by atoms with Crippen LogP contribution in [-0.2, 0) is 22.4 Å². The van der Waals surface area contributed by atoms with Crippen LogP contribution in [0.25, 0.3) is 0 Å². The van der Waals surface area contributed by atoms with Gasteiger partial charge in [-0.3, -0.25) is 0 Å². The predicted molar refractivity (Wildman–Crippen MR) is 121 cm³/mol. The zero-order valence-corrected chi connectivity index (χ0v) is 18.6. The van der Waals surface area contributed by atoms with Crippen LogP contribution in [0.2, 0.25) is 0 Å². The highest BCUT2D eigenvalue weighted by Gasteiger charge is 2.17. The van der Waals surface area contributed by atoms with Gasteiger partial charge in [-0.05, 0) is 63.1 Å². The smallest absolute Gasteiger partial charge is 0.333 e. The molecule has 0 heterocycles. The lowest BCUT2D eigenvalue weighted by Gasteiger charge is -2.20. The zero-order chi connectivity index (χ0) is 22.9. The topological polar surface area (TPSA) is 96.9 Å². The fraction of sp³-hybridized carbons (Fsp3) is 0.417. The zero-order valence-electron chi connectivity index (χ0n) is 18.6. The largest absolute Gasteiger partial charge is 0.493 e. The van der Waals surface area contributed by atoms with Gasteiger partial charge in [-0.15, -0.1) is 0 Å². The van der Waals surface area contributed by atoms with E-state index < -0.39 is 12.1 Å². The number of rotatable bonds is 10. The number of nitrogens with one attached hydrogen (secondary N) is 2. The van der Waals surface area contributed by atoms with Crippen molar-refractivity contribution in [3.05, 3.63) is 59.7 Å². The number of carbonyl (C=O) groups is 2. The van der Waals surface area contributed by atoms with Crippen LogP contribution in [0.15, 0.2) is 48.5 Å². The first kappa shape index (κ1) is 24.2. The number of benzene rings is 2. The van der Waals surface area contributed by atoms with Crippen LogP contribution in [0.4, 0.5) is 10.5 Å². The van der Waals surface area contributed by atoms with Crippen molar-refractivity contribution in [3.63, 3.8) is 0 Å². The van der Waals surface area contributed by atoms with Crippen LogP contribution in [0.1, 0.15) is 38.8 Å². The molecule has 0 saturated heterocycles. The number of hydrogen-bond donors (Lipinski definition) is 3. The first-order valence-corrected chi connectivity index (χ1v) is 10.4. The summed E-state index contributed by atoms with van der Waals surface area (Å²) in [6, 6.07) is 14.8. The summed E-state index contributed by atoms with van der Waals surface area (Å²) in [5, 5.41) is 14.8. The van der Waals surface area contributed by atoms with Crippen molar-refractivity contribution in [1.29, 1.82) is 0 Å². The number of ether oxygens (including phenoxy) is 2. The maximum Gasteiger partial charge on any atom is 0.333 e. The van der Waals surface area contributed by atoms with Gasteiger partial charge in [0, 0.05) is 30.7 Å². The number of urea groups is 1. The van der Waals surface area contributed by atoms with Gasteiger partial charge < -0.3 is 25.2 Å². The molecule has 0 aromatic heterocycles. The van der Waals surface area contributed by atoms with E-state index in [0.29, 0.717) is 19.6 Å². The standard InChI is InChI=1S/C24H32N2O5/c1-5-30-21(22(27)28)16-18-8-12-20(13-9-18)31-15-14-17-6-10-19(11-7-17)25-23(29)26-24(2,3)4/h6-13,21H,5,14-16H2,1-4H3,(H,27,28)(H2,25,26,29)/t21-/m0/s1. The molecule has 7 nitrogen and oxygen atoms in total. The van der Waals surface area contributed by atoms with Crippen molar-refractivity contribution in [2.75, 3.05) is 18.5 Å². The molecule has 0 unspecified atom stereocenters. The molecular formula is C24H32N2O5. The number of carboxylic acid groups (broad SMARTS) is 1. The molecule has 2 aromatic carbocycles. The van der Waals surface area contributed by atoms with Crippen molar-refractivity contribution in [3.8, 4) is 5.75 Å². The minimum absolute atomic E-state index is 0.233. The van der Waals surface area contributed by atoms with E-state index in [1.165, 1.54) is 0 Å². The Morgan fingerprint density at radius 1 is 1.00 bits per heavy atom. The molecule has 0 spiro atoms. The molecule has 2 aromatic rings. The first-order valence-electron chi connectivity index (χ1n) is 10.4. The van der Waals surface area contributed by atoms with Crippen LogP contribution >= 0.6 is 0 Å². The van der Waals surface area contributed by atoms with Crippen LogP contribution in [0.5, 0.6) is 5.75 Å². The molecule has 0 radical (unpaired) electrons. The van der Waals surface area contributed by atoms with Crippen molar-refractivity contribution >= 4 is 17.7 Å². The van der Waals surface area contributed by atoms with Crippen molar-refractivity contribution < 1.29 is 24.2 Å². The minimum atomic E-state index is -0.960. The Hall–Kier alpha value is -3.06. The van der Waals surface area contributed by atoms with Crippen LogP contribution < -0.4 is 15.4 Å². The first-order chi connectivity index (χ1) is 14.7. The number of aliphatic carboxylic acids is 1. The minimum Gasteiger partial charge on any atom is -0.493 e. The summed E-state index contributed by atoms with van der Waals surface area (Å²) in [4.78, 5) is 23.1. The maximum absolute atomic E-state index is 11.9. The predicted octanol–water partition coefficient (Wildman–Crippen LogP) is 4.26. The second-order valence-corrected chi connectivity index (χ2v) is 8.25. The molecule has 0 bridgehead atoms. The van der Waals surface area contributed by atoms with Gasteiger partial charge in [0.05, 0.1) is 6.61 Å². The van der Waals surface area contributed by atoms with E-state index >= 15 is 0 Å². The summed E-state index contributed by atoms with van der Waals surface area (Å²) < 4.78 is 11.0. The normalized spacial score (nSPS) is 12.1. The van der Waals surface area contributed by atoms with Gasteiger partial charge in [0.1, 0.15) is 5.75 Å². The molecule has 0 fully saturated rings. The van der Waals surface area contributed by atoms with E-state index in [2.05, 4.69) is 10.6 Å². The SMILES string of the molecule is CCO[C@@H](Cc1ccc(OCCc2ccc(NC(=O)NC(C)(C)C)cc2)cc1)C(=O)O. The fourth-order valence-corrected chi connectivity index (χ4v) is 2.90. The van der Waals surface area contributed by atoms with E-state index in [4.69, 9.17) is 9.47 Å². The summed E-state index contributed by atoms with van der Waals surface area (Å²) in [5.74, 6) is -0.234. The third kappa shape index (κ3) is 9.09. The summed E-state index contributed by atoms with van der Waals surface area (Å²) in [7, 11) is 0. The molecule has 1 atom stereocenters. The number of amides is 2. The van der Waals surface area contributed by atoms with Gasteiger partial charge in [-0.25, -0.2) is 9.59 Å². The summed E-state index contributed by atoms with van der Waals surface area (Å²) in [6.07, 6.45) is 0.202. The molecule has 2 amide bonds. The van der Waals surface area contributed by atoms with Crippen molar-refractivity contribution in [2.24, 2.45) is 0 Å². The van der Waals surface area contributed by atoms with Gasteiger partial charge >= 0.3 is 12.0 Å². The Balaban J connectivity index is 1.79. The number of hydrogen-bond acceptors (Lipinski definition) is 4. The molecule has 0 saturated carbocycles. The number of carboxylic acids is 1. The molecular weight excluding hydrogens is 396 g/mol. The second-order valence-electron chi connectivity index (χ2n) is 8.25. The van der Waals surface area contributed by atoms with Crippen molar-refractivity contribution in [1.82, 2.24) is 5.32 Å². The van der Waals surface area contributed by atoms with Crippen LogP contribution in [-0.4, -0.2) is 42.0 Å². The quantitative estimate of drug-likeness (QED) is 0.525. The molecule has 31 heavy (non-hydrogen) atoms. The number of anilines is 1.